The van der Waals surface area contributed by atoms with Gasteiger partial charge in [-0.25, -0.2) is 4.39 Å². The number of hydrogen-bond acceptors (Lipinski definition) is 1. The van der Waals surface area contributed by atoms with Crippen LogP contribution in [0.25, 0.3) is 0 Å². The van der Waals surface area contributed by atoms with E-state index >= 15 is 0 Å². The first-order chi connectivity index (χ1) is 9.81. The Morgan fingerprint density at radius 3 is 2.25 bits per heavy atom. The Hall–Kier alpha value is -0.890. The lowest BCUT2D eigenvalue weighted by Gasteiger charge is -2.30. The molecule has 1 aliphatic rings. The molecule has 0 radical (unpaired) electrons. The minimum Gasteiger partial charge on any atom is -0.310 e. The third-order valence-electron chi connectivity index (χ3n) is 4.46. The molecule has 0 bridgehead atoms. The quantitative estimate of drug-likeness (QED) is 0.777. The van der Waals surface area contributed by atoms with Gasteiger partial charge in [-0.2, -0.15) is 0 Å². The van der Waals surface area contributed by atoms with E-state index < -0.39 is 0 Å². The maximum absolute atomic E-state index is 13.1. The summed E-state index contributed by atoms with van der Waals surface area (Å²) < 4.78 is 13.1. The largest absolute Gasteiger partial charge is 0.310 e. The van der Waals surface area contributed by atoms with Crippen molar-refractivity contribution in [2.75, 3.05) is 6.54 Å². The molecule has 1 fully saturated rings. The highest BCUT2D eigenvalue weighted by Crippen LogP contribution is 2.33. The van der Waals surface area contributed by atoms with Crippen LogP contribution < -0.4 is 5.32 Å². The Labute approximate surface area is 123 Å². The summed E-state index contributed by atoms with van der Waals surface area (Å²) in [5.74, 6) is 0.563. The van der Waals surface area contributed by atoms with Gasteiger partial charge in [-0.15, -0.1) is 0 Å². The Morgan fingerprint density at radius 2 is 1.65 bits per heavy atom. The molecule has 1 saturated carbocycles. The summed E-state index contributed by atoms with van der Waals surface area (Å²) in [6, 6.07) is 7.51. The highest BCUT2D eigenvalue weighted by molar-refractivity contribution is 5.20. The highest BCUT2D eigenvalue weighted by Gasteiger charge is 2.23. The Bertz CT molecular complexity index is 366. The Morgan fingerprint density at radius 1 is 1.05 bits per heavy atom. The van der Waals surface area contributed by atoms with Gasteiger partial charge in [0.15, 0.2) is 0 Å². The molecule has 0 spiro atoms. The van der Waals surface area contributed by atoms with Gasteiger partial charge >= 0.3 is 0 Å². The number of nitrogens with one attached hydrogen (secondary N) is 1. The average Bonchev–Trinajstić information content (AvgIpc) is 2.42. The second kappa shape index (κ2) is 8.41. The maximum Gasteiger partial charge on any atom is 0.123 e. The first kappa shape index (κ1) is 15.5. The van der Waals surface area contributed by atoms with Crippen LogP contribution in [0.1, 0.15) is 69.9 Å². The highest BCUT2D eigenvalue weighted by atomic mass is 19.1. The van der Waals surface area contributed by atoms with Crippen LogP contribution >= 0.6 is 0 Å². The average molecular weight is 277 g/mol. The fraction of sp³-hybridized carbons (Fsp3) is 0.667. The van der Waals surface area contributed by atoms with Crippen LogP contribution in [0.3, 0.4) is 0 Å². The van der Waals surface area contributed by atoms with Gasteiger partial charge in [0.25, 0.3) is 0 Å². The molecular formula is C18H28FN. The van der Waals surface area contributed by atoms with Crippen molar-refractivity contribution in [2.45, 2.75) is 64.3 Å². The van der Waals surface area contributed by atoms with Crippen molar-refractivity contribution >= 4 is 0 Å². The summed E-state index contributed by atoms with van der Waals surface area (Å²) >= 11 is 0. The normalized spacial score (nSPS) is 19.3. The summed E-state index contributed by atoms with van der Waals surface area (Å²) in [6.45, 7) is 3.24. The van der Waals surface area contributed by atoms with Crippen LogP contribution in [0.15, 0.2) is 24.3 Å². The second-order valence-corrected chi connectivity index (χ2v) is 6.09. The fourth-order valence-electron chi connectivity index (χ4n) is 3.35. The molecule has 0 amide bonds. The third-order valence-corrected chi connectivity index (χ3v) is 4.46. The molecule has 1 aromatic carbocycles. The molecule has 0 aromatic heterocycles. The van der Waals surface area contributed by atoms with E-state index in [4.69, 9.17) is 0 Å². The molecule has 1 aliphatic carbocycles. The third kappa shape index (κ3) is 4.59. The molecule has 1 atom stereocenters. The molecule has 1 nitrogen and oxygen atoms in total. The summed E-state index contributed by atoms with van der Waals surface area (Å²) in [7, 11) is 0. The van der Waals surface area contributed by atoms with Crippen LogP contribution in [0, 0.1) is 11.7 Å². The van der Waals surface area contributed by atoms with Gasteiger partial charge in [0.1, 0.15) is 5.82 Å². The van der Waals surface area contributed by atoms with E-state index in [0.29, 0.717) is 12.0 Å². The van der Waals surface area contributed by atoms with Crippen LogP contribution in [0.5, 0.6) is 0 Å². The molecule has 1 unspecified atom stereocenters. The van der Waals surface area contributed by atoms with Gasteiger partial charge in [-0.05, 0) is 49.4 Å². The van der Waals surface area contributed by atoms with Gasteiger partial charge in [-0.3, -0.25) is 0 Å². The van der Waals surface area contributed by atoms with Crippen molar-refractivity contribution < 1.29 is 4.39 Å². The fourth-order valence-corrected chi connectivity index (χ4v) is 3.35. The van der Waals surface area contributed by atoms with Gasteiger partial charge in [0.2, 0.25) is 0 Å². The minimum absolute atomic E-state index is 0.138. The minimum atomic E-state index is -0.138. The maximum atomic E-state index is 13.1. The van der Waals surface area contributed by atoms with Crippen molar-refractivity contribution in [3.63, 3.8) is 0 Å². The first-order valence-corrected chi connectivity index (χ1v) is 8.30. The molecule has 0 saturated heterocycles. The number of rotatable bonds is 5. The van der Waals surface area contributed by atoms with Crippen LogP contribution in [0.4, 0.5) is 4.39 Å². The summed E-state index contributed by atoms with van der Waals surface area (Å²) in [4.78, 5) is 0. The zero-order valence-corrected chi connectivity index (χ0v) is 12.7. The lowest BCUT2D eigenvalue weighted by molar-refractivity contribution is 0.288. The lowest BCUT2D eigenvalue weighted by Crippen LogP contribution is -2.29. The topological polar surface area (TPSA) is 12.0 Å². The van der Waals surface area contributed by atoms with E-state index in [1.54, 1.807) is 12.1 Å². The number of hydrogen-bond donors (Lipinski definition) is 1. The zero-order chi connectivity index (χ0) is 14.2. The Kier molecular flexibility index (Phi) is 6.52. The molecule has 1 N–H and O–H groups in total. The molecule has 1 aromatic rings. The SMILES string of the molecule is CCCNC(c1ccc(F)cc1)C1CCCCCCC1. The standard InChI is InChI=1S/C18H28FN/c1-2-14-20-18(16-10-12-17(19)13-11-16)15-8-6-4-3-5-7-9-15/h10-13,15,18,20H,2-9,14H2,1H3. The molecule has 0 heterocycles. The van der Waals surface area contributed by atoms with Crippen LogP contribution in [0.2, 0.25) is 0 Å². The second-order valence-electron chi connectivity index (χ2n) is 6.09. The van der Waals surface area contributed by atoms with Gasteiger partial charge in [0, 0.05) is 6.04 Å². The summed E-state index contributed by atoms with van der Waals surface area (Å²) in [5, 5.41) is 3.70. The van der Waals surface area contributed by atoms with E-state index in [1.165, 1.54) is 50.5 Å². The van der Waals surface area contributed by atoms with Crippen molar-refractivity contribution in [1.82, 2.24) is 5.32 Å². The van der Waals surface area contributed by atoms with Gasteiger partial charge in [0.05, 0.1) is 0 Å². The van der Waals surface area contributed by atoms with Crippen LogP contribution in [-0.4, -0.2) is 6.54 Å². The van der Waals surface area contributed by atoms with Crippen molar-refractivity contribution in [1.29, 1.82) is 0 Å². The van der Waals surface area contributed by atoms with E-state index in [0.717, 1.165) is 13.0 Å². The number of halogens is 1. The zero-order valence-electron chi connectivity index (χ0n) is 12.7. The Balaban J connectivity index is 2.09. The molecule has 2 rings (SSSR count). The molecule has 20 heavy (non-hydrogen) atoms. The van der Waals surface area contributed by atoms with Crippen LogP contribution in [-0.2, 0) is 0 Å². The predicted molar refractivity (Wildman–Crippen MR) is 83.2 cm³/mol. The van der Waals surface area contributed by atoms with Gasteiger partial charge < -0.3 is 5.32 Å². The molecule has 2 heteroatoms. The van der Waals surface area contributed by atoms with E-state index in [-0.39, 0.29) is 5.82 Å². The van der Waals surface area contributed by atoms with Crippen molar-refractivity contribution in [3.05, 3.63) is 35.6 Å². The number of benzene rings is 1. The van der Waals surface area contributed by atoms with Crippen molar-refractivity contribution in [2.24, 2.45) is 5.92 Å². The smallest absolute Gasteiger partial charge is 0.123 e. The summed E-state index contributed by atoms with van der Waals surface area (Å²) in [6.07, 6.45) is 10.6. The van der Waals surface area contributed by atoms with Gasteiger partial charge in [-0.1, -0.05) is 51.2 Å². The van der Waals surface area contributed by atoms with E-state index in [1.807, 2.05) is 12.1 Å². The van der Waals surface area contributed by atoms with E-state index in [9.17, 15) is 4.39 Å². The van der Waals surface area contributed by atoms with Crippen molar-refractivity contribution in [3.8, 4) is 0 Å². The summed E-state index contributed by atoms with van der Waals surface area (Å²) in [5.41, 5.74) is 1.26. The lowest BCUT2D eigenvalue weighted by atomic mass is 9.83. The predicted octanol–water partition coefficient (Wildman–Crippen LogP) is 5.23. The monoisotopic (exact) mass is 277 g/mol. The van der Waals surface area contributed by atoms with E-state index in [2.05, 4.69) is 12.2 Å². The first-order valence-electron chi connectivity index (χ1n) is 8.30. The molecule has 0 aliphatic heterocycles. The molecular weight excluding hydrogens is 249 g/mol. The molecule has 112 valence electrons.